The molecule has 0 aliphatic carbocycles. The predicted molar refractivity (Wildman–Crippen MR) is 64.0 cm³/mol. The Labute approximate surface area is 102 Å². The van der Waals surface area contributed by atoms with Crippen LogP contribution in [0, 0.1) is 11.3 Å². The molecule has 0 spiro atoms. The average Bonchev–Trinajstić information content (AvgIpc) is 2.21. The number of carboxylic acid groups (broad SMARTS) is 1. The van der Waals surface area contributed by atoms with Gasteiger partial charge in [-0.3, -0.25) is 4.79 Å². The second-order valence-electron chi connectivity index (χ2n) is 5.48. The minimum absolute atomic E-state index is 0.347. The third-order valence-electron chi connectivity index (χ3n) is 3.83. The van der Waals surface area contributed by atoms with Crippen molar-refractivity contribution in [1.82, 2.24) is 10.2 Å². The van der Waals surface area contributed by atoms with E-state index < -0.39 is 11.4 Å². The van der Waals surface area contributed by atoms with E-state index in [1.54, 1.807) is 0 Å². The first kappa shape index (κ1) is 12.8. The van der Waals surface area contributed by atoms with E-state index >= 15 is 0 Å². The lowest BCUT2D eigenvalue weighted by Gasteiger charge is -2.38. The lowest BCUT2D eigenvalue weighted by Crippen LogP contribution is -2.55. The van der Waals surface area contributed by atoms with Gasteiger partial charge in [-0.25, -0.2) is 0 Å². The molecule has 2 N–H and O–H groups in total. The standard InChI is InChI=1S/C12H22N2O3/c1-14-4-2-3-10(6-14)5-13-7-12(11(15)16)8-17-9-12/h10,13H,2-9H2,1H3,(H,15,16). The Bertz CT molecular complexity index is 279. The minimum atomic E-state index is -0.739. The maximum Gasteiger partial charge on any atom is 0.315 e. The van der Waals surface area contributed by atoms with Gasteiger partial charge in [0.25, 0.3) is 0 Å². The van der Waals surface area contributed by atoms with Crippen molar-refractivity contribution in [2.75, 3.05) is 46.4 Å². The highest BCUT2D eigenvalue weighted by Gasteiger charge is 2.45. The van der Waals surface area contributed by atoms with Crippen LogP contribution in [-0.4, -0.2) is 62.4 Å². The summed E-state index contributed by atoms with van der Waals surface area (Å²) in [6.07, 6.45) is 2.49. The Hall–Kier alpha value is -0.650. The van der Waals surface area contributed by atoms with Crippen LogP contribution in [0.25, 0.3) is 0 Å². The number of ether oxygens (including phenoxy) is 1. The van der Waals surface area contributed by atoms with Crippen molar-refractivity contribution in [3.8, 4) is 0 Å². The molecule has 2 fully saturated rings. The van der Waals surface area contributed by atoms with Crippen molar-refractivity contribution < 1.29 is 14.6 Å². The fraction of sp³-hybridized carbons (Fsp3) is 0.917. The van der Waals surface area contributed by atoms with Crippen LogP contribution in [0.3, 0.4) is 0 Å². The monoisotopic (exact) mass is 242 g/mol. The zero-order chi connectivity index (χ0) is 12.3. The topological polar surface area (TPSA) is 61.8 Å². The molecule has 2 aliphatic rings. The van der Waals surface area contributed by atoms with Gasteiger partial charge in [-0.05, 0) is 38.9 Å². The smallest absolute Gasteiger partial charge is 0.315 e. The molecule has 17 heavy (non-hydrogen) atoms. The number of nitrogens with zero attached hydrogens (tertiary/aromatic N) is 1. The van der Waals surface area contributed by atoms with Crippen LogP contribution in [0.15, 0.2) is 0 Å². The van der Waals surface area contributed by atoms with E-state index in [9.17, 15) is 4.79 Å². The quantitative estimate of drug-likeness (QED) is 0.711. The van der Waals surface area contributed by atoms with Crippen LogP contribution >= 0.6 is 0 Å². The fourth-order valence-corrected chi connectivity index (χ4v) is 2.61. The van der Waals surface area contributed by atoms with E-state index in [0.29, 0.717) is 25.7 Å². The first-order chi connectivity index (χ1) is 8.12. The molecule has 2 saturated heterocycles. The molecule has 2 aliphatic heterocycles. The molecule has 0 saturated carbocycles. The average molecular weight is 242 g/mol. The van der Waals surface area contributed by atoms with Gasteiger partial charge in [0.2, 0.25) is 0 Å². The molecular formula is C12H22N2O3. The molecular weight excluding hydrogens is 220 g/mol. The van der Waals surface area contributed by atoms with Crippen LogP contribution in [0.1, 0.15) is 12.8 Å². The molecule has 0 radical (unpaired) electrons. The van der Waals surface area contributed by atoms with Crippen molar-refractivity contribution in [3.05, 3.63) is 0 Å². The highest BCUT2D eigenvalue weighted by molar-refractivity contribution is 5.76. The van der Waals surface area contributed by atoms with Gasteiger partial charge in [0.15, 0.2) is 0 Å². The van der Waals surface area contributed by atoms with Crippen molar-refractivity contribution in [1.29, 1.82) is 0 Å². The zero-order valence-electron chi connectivity index (χ0n) is 10.4. The van der Waals surface area contributed by atoms with Crippen LogP contribution in [0.5, 0.6) is 0 Å². The number of hydrogen-bond acceptors (Lipinski definition) is 4. The summed E-state index contributed by atoms with van der Waals surface area (Å²) in [7, 11) is 2.14. The SMILES string of the molecule is CN1CCCC(CNCC2(C(=O)O)COC2)C1. The van der Waals surface area contributed by atoms with E-state index in [1.807, 2.05) is 0 Å². The summed E-state index contributed by atoms with van der Waals surface area (Å²) < 4.78 is 5.03. The molecule has 0 aromatic rings. The van der Waals surface area contributed by atoms with Gasteiger partial charge in [-0.15, -0.1) is 0 Å². The summed E-state index contributed by atoms with van der Waals surface area (Å²) in [5.41, 5.74) is -0.666. The number of likely N-dealkylation sites (tertiary alicyclic amines) is 1. The summed E-state index contributed by atoms with van der Waals surface area (Å²) in [6, 6.07) is 0. The van der Waals surface area contributed by atoms with Gasteiger partial charge in [0.05, 0.1) is 13.2 Å². The molecule has 1 atom stereocenters. The van der Waals surface area contributed by atoms with E-state index in [-0.39, 0.29) is 0 Å². The van der Waals surface area contributed by atoms with Crippen molar-refractivity contribution >= 4 is 5.97 Å². The summed E-state index contributed by atoms with van der Waals surface area (Å²) >= 11 is 0. The first-order valence-corrected chi connectivity index (χ1v) is 6.33. The molecule has 5 nitrogen and oxygen atoms in total. The van der Waals surface area contributed by atoms with E-state index in [0.717, 1.165) is 13.1 Å². The van der Waals surface area contributed by atoms with Gasteiger partial charge >= 0.3 is 5.97 Å². The van der Waals surface area contributed by atoms with E-state index in [2.05, 4.69) is 17.3 Å². The molecule has 98 valence electrons. The molecule has 0 bridgehead atoms. The summed E-state index contributed by atoms with van der Waals surface area (Å²) in [5.74, 6) is -0.0856. The number of carbonyl (C=O) groups is 1. The van der Waals surface area contributed by atoms with Gasteiger partial charge in [0.1, 0.15) is 5.41 Å². The molecule has 0 aromatic carbocycles. The molecule has 0 amide bonds. The van der Waals surface area contributed by atoms with Crippen molar-refractivity contribution in [3.63, 3.8) is 0 Å². The largest absolute Gasteiger partial charge is 0.481 e. The Morgan fingerprint density at radius 1 is 1.59 bits per heavy atom. The minimum Gasteiger partial charge on any atom is -0.481 e. The number of rotatable bonds is 5. The molecule has 1 unspecified atom stereocenters. The summed E-state index contributed by atoms with van der Waals surface area (Å²) in [4.78, 5) is 13.5. The van der Waals surface area contributed by atoms with E-state index in [1.165, 1.54) is 19.4 Å². The fourth-order valence-electron chi connectivity index (χ4n) is 2.61. The van der Waals surface area contributed by atoms with Crippen LogP contribution in [0.4, 0.5) is 0 Å². The molecule has 2 rings (SSSR count). The van der Waals surface area contributed by atoms with E-state index in [4.69, 9.17) is 9.84 Å². The van der Waals surface area contributed by atoms with Crippen LogP contribution in [0.2, 0.25) is 0 Å². The van der Waals surface area contributed by atoms with Crippen LogP contribution < -0.4 is 5.32 Å². The number of hydrogen-bond donors (Lipinski definition) is 2. The Kier molecular flexibility index (Phi) is 4.01. The summed E-state index contributed by atoms with van der Waals surface area (Å²) in [5, 5.41) is 12.4. The zero-order valence-corrected chi connectivity index (χ0v) is 10.4. The third-order valence-corrected chi connectivity index (χ3v) is 3.83. The highest BCUT2D eigenvalue weighted by Crippen LogP contribution is 2.27. The molecule has 2 heterocycles. The predicted octanol–water partition coefficient (Wildman–Crippen LogP) is 0.0190. The van der Waals surface area contributed by atoms with Gasteiger partial charge in [-0.2, -0.15) is 0 Å². The number of piperidine rings is 1. The number of nitrogens with one attached hydrogen (secondary N) is 1. The van der Waals surface area contributed by atoms with Crippen molar-refractivity contribution in [2.24, 2.45) is 11.3 Å². The van der Waals surface area contributed by atoms with Crippen molar-refractivity contribution in [2.45, 2.75) is 12.8 Å². The Morgan fingerprint density at radius 3 is 2.88 bits per heavy atom. The Balaban J connectivity index is 1.70. The lowest BCUT2D eigenvalue weighted by atomic mass is 9.86. The molecule has 0 aromatic heterocycles. The van der Waals surface area contributed by atoms with Gasteiger partial charge in [-0.1, -0.05) is 0 Å². The lowest BCUT2D eigenvalue weighted by molar-refractivity contribution is -0.178. The normalized spacial score (nSPS) is 28.6. The number of aliphatic carboxylic acids is 1. The maximum atomic E-state index is 11.1. The van der Waals surface area contributed by atoms with Gasteiger partial charge < -0.3 is 20.1 Å². The number of carboxylic acids is 1. The first-order valence-electron chi connectivity index (χ1n) is 6.33. The third kappa shape index (κ3) is 2.97. The Morgan fingerprint density at radius 2 is 2.35 bits per heavy atom. The maximum absolute atomic E-state index is 11.1. The molecule has 5 heteroatoms. The highest BCUT2D eigenvalue weighted by atomic mass is 16.5. The second-order valence-corrected chi connectivity index (χ2v) is 5.48. The second kappa shape index (κ2) is 5.33. The van der Waals surface area contributed by atoms with Gasteiger partial charge in [0, 0.05) is 13.1 Å². The van der Waals surface area contributed by atoms with Crippen LogP contribution in [-0.2, 0) is 9.53 Å². The summed E-state index contributed by atoms with van der Waals surface area (Å²) in [6.45, 7) is 4.44.